The fourth-order valence-corrected chi connectivity index (χ4v) is 11.1. The SMILES string of the molecule is Cc1cc(C)cc(-c2[nH]c3ccc(C(C)(C)C(=O)N4C5CCC4CC5)cc3c2CCN(Cc2ccc(-c3ccccn3)s2)Cc2ccc(-c3ccccn3)s2)c1. The van der Waals surface area contributed by atoms with Gasteiger partial charge in [-0.1, -0.05) is 35.4 Å². The zero-order valence-electron chi connectivity index (χ0n) is 32.7. The summed E-state index contributed by atoms with van der Waals surface area (Å²) in [6.07, 6.45) is 9.18. The van der Waals surface area contributed by atoms with Crippen molar-refractivity contribution in [2.45, 2.75) is 90.4 Å². The van der Waals surface area contributed by atoms with Gasteiger partial charge in [0, 0.05) is 70.5 Å². The van der Waals surface area contributed by atoms with Crippen molar-refractivity contribution >= 4 is 39.5 Å². The van der Waals surface area contributed by atoms with Gasteiger partial charge in [-0.15, -0.1) is 22.7 Å². The third kappa shape index (κ3) is 7.26. The molecule has 284 valence electrons. The minimum atomic E-state index is -0.616. The summed E-state index contributed by atoms with van der Waals surface area (Å²) in [6.45, 7) is 11.2. The number of aromatic amines is 1. The predicted octanol–water partition coefficient (Wildman–Crippen LogP) is 11.4. The molecule has 2 saturated heterocycles. The second-order valence-corrected chi connectivity index (χ2v) is 18.7. The van der Waals surface area contributed by atoms with E-state index in [0.717, 1.165) is 74.2 Å². The molecule has 2 bridgehead atoms. The lowest BCUT2D eigenvalue weighted by Gasteiger charge is -2.33. The van der Waals surface area contributed by atoms with Crippen LogP contribution < -0.4 is 0 Å². The molecular weight excluding hydrogens is 727 g/mol. The van der Waals surface area contributed by atoms with Crippen LogP contribution in [0.2, 0.25) is 0 Å². The lowest BCUT2D eigenvalue weighted by Crippen LogP contribution is -2.45. The molecule has 7 aromatic rings. The molecule has 2 aromatic carbocycles. The van der Waals surface area contributed by atoms with Crippen LogP contribution in [0.25, 0.3) is 43.3 Å². The summed E-state index contributed by atoms with van der Waals surface area (Å²) < 4.78 is 0. The van der Waals surface area contributed by atoms with Crippen molar-refractivity contribution in [2.75, 3.05) is 6.54 Å². The van der Waals surface area contributed by atoms with E-state index in [0.29, 0.717) is 12.1 Å². The van der Waals surface area contributed by atoms with Gasteiger partial charge < -0.3 is 9.88 Å². The second-order valence-electron chi connectivity index (χ2n) is 16.3. The largest absolute Gasteiger partial charge is 0.354 e. The molecule has 2 fully saturated rings. The molecule has 1 N–H and O–H groups in total. The average Bonchev–Trinajstić information content (AvgIpc) is 4.06. The van der Waals surface area contributed by atoms with Crippen molar-refractivity contribution < 1.29 is 4.79 Å². The van der Waals surface area contributed by atoms with Gasteiger partial charge in [0.1, 0.15) is 0 Å². The Balaban J connectivity index is 1.07. The van der Waals surface area contributed by atoms with Gasteiger partial charge in [0.25, 0.3) is 0 Å². The van der Waals surface area contributed by atoms with Crippen LogP contribution >= 0.6 is 22.7 Å². The Kier molecular flexibility index (Phi) is 9.98. The molecule has 7 heterocycles. The van der Waals surface area contributed by atoms with Crippen LogP contribution in [0.4, 0.5) is 0 Å². The number of amides is 1. The molecule has 0 saturated carbocycles. The monoisotopic (exact) mass is 775 g/mol. The van der Waals surface area contributed by atoms with Crippen LogP contribution in [0.3, 0.4) is 0 Å². The number of nitrogens with one attached hydrogen (secondary N) is 1. The van der Waals surface area contributed by atoms with Crippen LogP contribution in [0.1, 0.15) is 71.5 Å². The molecule has 0 spiro atoms. The molecule has 2 aliphatic rings. The molecule has 56 heavy (non-hydrogen) atoms. The van der Waals surface area contributed by atoms with Gasteiger partial charge in [-0.2, -0.15) is 0 Å². The lowest BCUT2D eigenvalue weighted by molar-refractivity contribution is -0.137. The molecular formula is C48H49N5OS2. The highest BCUT2D eigenvalue weighted by molar-refractivity contribution is 7.15. The Labute approximate surface area is 338 Å². The zero-order valence-corrected chi connectivity index (χ0v) is 34.4. The maximum absolute atomic E-state index is 14.3. The number of fused-ring (bicyclic) bond motifs is 3. The first-order valence-electron chi connectivity index (χ1n) is 20.0. The molecule has 1 amide bonds. The number of carbonyl (C=O) groups is 1. The standard InChI is InChI=1S/C48H49N5OS2/c1-31-25-32(2)27-33(26-31)46-39(40-28-34(11-18-41(40)51-46)48(3,4)47(54)53-35-12-13-36(53)15-14-35)21-24-52(29-37-16-19-44(55-37)42-9-5-7-22-49-42)30-38-17-20-45(56-38)43-10-6-8-23-50-43/h5-11,16-20,22-23,25-28,35-36,51H,12-15,21,24,29-30H2,1-4H3. The highest BCUT2D eigenvalue weighted by Gasteiger charge is 2.47. The fraction of sp³-hybridized carbons (Fsp3) is 0.312. The fourth-order valence-electron chi connectivity index (χ4n) is 9.09. The van der Waals surface area contributed by atoms with Gasteiger partial charge in [-0.3, -0.25) is 19.7 Å². The van der Waals surface area contributed by atoms with E-state index in [1.165, 1.54) is 52.8 Å². The van der Waals surface area contributed by atoms with Gasteiger partial charge in [0.05, 0.1) is 26.6 Å². The topological polar surface area (TPSA) is 65.1 Å². The summed E-state index contributed by atoms with van der Waals surface area (Å²) in [5.74, 6) is 0.279. The Bertz CT molecular complexity index is 2380. The molecule has 2 aliphatic heterocycles. The Morgan fingerprint density at radius 3 is 1.91 bits per heavy atom. The smallest absolute Gasteiger partial charge is 0.233 e. The molecule has 0 radical (unpaired) electrons. The Hall–Kier alpha value is -4.89. The van der Waals surface area contributed by atoms with Gasteiger partial charge in [0.2, 0.25) is 5.91 Å². The van der Waals surface area contributed by atoms with E-state index in [-0.39, 0.29) is 5.91 Å². The van der Waals surface area contributed by atoms with Crippen molar-refractivity contribution in [2.24, 2.45) is 0 Å². The Morgan fingerprint density at radius 1 is 0.768 bits per heavy atom. The number of H-pyrrole nitrogens is 1. The molecule has 0 aliphatic carbocycles. The quantitative estimate of drug-likeness (QED) is 0.134. The van der Waals surface area contributed by atoms with Gasteiger partial charge in [0.15, 0.2) is 0 Å². The first-order valence-corrected chi connectivity index (χ1v) is 21.6. The highest BCUT2D eigenvalue weighted by atomic mass is 32.1. The molecule has 6 nitrogen and oxygen atoms in total. The van der Waals surface area contributed by atoms with Crippen molar-refractivity contribution in [1.29, 1.82) is 0 Å². The van der Waals surface area contributed by atoms with Crippen LogP contribution in [0.15, 0.2) is 109 Å². The van der Waals surface area contributed by atoms with E-state index in [1.807, 2.05) is 47.2 Å². The number of hydrogen-bond acceptors (Lipinski definition) is 6. The first-order chi connectivity index (χ1) is 27.2. The summed E-state index contributed by atoms with van der Waals surface area (Å²) in [5.41, 5.74) is 9.81. The maximum Gasteiger partial charge on any atom is 0.233 e. The summed E-state index contributed by atoms with van der Waals surface area (Å²) >= 11 is 3.65. The minimum absolute atomic E-state index is 0.279. The molecule has 9 rings (SSSR count). The van der Waals surface area contributed by atoms with Gasteiger partial charge in [-0.05, 0) is 149 Å². The van der Waals surface area contributed by atoms with E-state index < -0.39 is 5.41 Å². The normalized spacial score (nSPS) is 16.8. The van der Waals surface area contributed by atoms with Crippen molar-refractivity contribution in [3.8, 4) is 32.4 Å². The highest BCUT2D eigenvalue weighted by Crippen LogP contribution is 2.42. The average molecular weight is 776 g/mol. The molecule has 0 unspecified atom stereocenters. The predicted molar refractivity (Wildman–Crippen MR) is 232 cm³/mol. The molecule has 0 atom stereocenters. The van der Waals surface area contributed by atoms with Crippen molar-refractivity contribution in [1.82, 2.24) is 24.8 Å². The lowest BCUT2D eigenvalue weighted by atomic mass is 9.82. The summed E-state index contributed by atoms with van der Waals surface area (Å²) in [5, 5.41) is 1.21. The molecule has 5 aromatic heterocycles. The van der Waals surface area contributed by atoms with Crippen LogP contribution in [-0.2, 0) is 29.7 Å². The summed E-state index contributed by atoms with van der Waals surface area (Å²) in [7, 11) is 0. The Morgan fingerprint density at radius 2 is 1.36 bits per heavy atom. The summed E-state index contributed by atoms with van der Waals surface area (Å²) in [6, 6.07) is 35.5. The van der Waals surface area contributed by atoms with Gasteiger partial charge >= 0.3 is 0 Å². The van der Waals surface area contributed by atoms with Crippen LogP contribution in [0, 0.1) is 13.8 Å². The number of thiophene rings is 2. The first kappa shape index (κ1) is 36.7. The third-order valence-electron chi connectivity index (χ3n) is 12.0. The minimum Gasteiger partial charge on any atom is -0.354 e. The number of carbonyl (C=O) groups excluding carboxylic acids is 1. The van der Waals surface area contributed by atoms with Crippen molar-refractivity contribution in [3.63, 3.8) is 0 Å². The van der Waals surface area contributed by atoms with E-state index >= 15 is 0 Å². The van der Waals surface area contributed by atoms with Crippen molar-refractivity contribution in [3.05, 3.63) is 141 Å². The van der Waals surface area contributed by atoms with E-state index in [9.17, 15) is 4.79 Å². The van der Waals surface area contributed by atoms with E-state index in [2.05, 4.69) is 137 Å². The van der Waals surface area contributed by atoms with E-state index in [4.69, 9.17) is 0 Å². The number of aromatic nitrogens is 3. The number of hydrogen-bond donors (Lipinski definition) is 1. The second kappa shape index (κ2) is 15.2. The summed E-state index contributed by atoms with van der Waals surface area (Å²) in [4.78, 5) is 37.3. The third-order valence-corrected chi connectivity index (χ3v) is 14.1. The van der Waals surface area contributed by atoms with E-state index in [1.54, 1.807) is 0 Å². The maximum atomic E-state index is 14.3. The number of rotatable bonds is 12. The van der Waals surface area contributed by atoms with Crippen LogP contribution in [-0.4, -0.2) is 49.3 Å². The number of nitrogens with zero attached hydrogens (tertiary/aromatic N) is 4. The number of pyridine rings is 2. The van der Waals surface area contributed by atoms with Gasteiger partial charge in [-0.25, -0.2) is 0 Å². The number of aryl methyl sites for hydroxylation is 2. The zero-order chi connectivity index (χ0) is 38.4. The van der Waals surface area contributed by atoms with Crippen LogP contribution in [0.5, 0.6) is 0 Å². The number of benzene rings is 2. The molecule has 8 heteroatoms.